The molecule has 0 aromatic heterocycles. The Balaban J connectivity index is 2.45. The number of nitrogens with two attached hydrogens (primary N) is 1. The van der Waals surface area contributed by atoms with Gasteiger partial charge in [-0.25, -0.2) is 0 Å². The number of benzene rings is 1. The zero-order chi connectivity index (χ0) is 12.7. The van der Waals surface area contributed by atoms with Gasteiger partial charge in [-0.3, -0.25) is 0 Å². The zero-order valence-electron chi connectivity index (χ0n) is 11.3. The van der Waals surface area contributed by atoms with Crippen molar-refractivity contribution in [3.8, 4) is 5.75 Å². The molecule has 0 aliphatic rings. The average Bonchev–Trinajstić information content (AvgIpc) is 2.36. The van der Waals surface area contributed by atoms with Crippen molar-refractivity contribution in [2.75, 3.05) is 6.61 Å². The highest BCUT2D eigenvalue weighted by Crippen LogP contribution is 2.19. The van der Waals surface area contributed by atoms with Crippen molar-refractivity contribution >= 4 is 0 Å². The minimum absolute atomic E-state index is 0.142. The van der Waals surface area contributed by atoms with Crippen LogP contribution in [0.1, 0.15) is 51.6 Å². The molecule has 2 atom stereocenters. The van der Waals surface area contributed by atoms with Gasteiger partial charge in [0.05, 0.1) is 6.61 Å². The molecule has 0 heterocycles. The second-order valence-electron chi connectivity index (χ2n) is 4.79. The third-order valence-electron chi connectivity index (χ3n) is 3.06. The predicted molar refractivity (Wildman–Crippen MR) is 73.2 cm³/mol. The molecule has 0 saturated heterocycles. The molecule has 0 spiro atoms. The summed E-state index contributed by atoms with van der Waals surface area (Å²) in [5.41, 5.74) is 7.15. The van der Waals surface area contributed by atoms with E-state index in [1.54, 1.807) is 0 Å². The fourth-order valence-electron chi connectivity index (χ4n) is 1.86. The molecule has 96 valence electrons. The molecule has 0 bridgehead atoms. The standard InChI is InChI=1S/C15H25NO/c1-4-6-12(3)11-17-14-9-7-13(8-10-14)15(16)5-2/h7-10,12,15H,4-6,11,16H2,1-3H3. The van der Waals surface area contributed by atoms with Crippen LogP contribution in [0, 0.1) is 5.92 Å². The van der Waals surface area contributed by atoms with Crippen LogP contribution >= 0.6 is 0 Å². The van der Waals surface area contributed by atoms with Crippen molar-refractivity contribution in [1.82, 2.24) is 0 Å². The Morgan fingerprint density at radius 3 is 2.35 bits per heavy atom. The van der Waals surface area contributed by atoms with E-state index in [9.17, 15) is 0 Å². The second-order valence-corrected chi connectivity index (χ2v) is 4.79. The summed E-state index contributed by atoms with van der Waals surface area (Å²) < 4.78 is 5.75. The van der Waals surface area contributed by atoms with E-state index in [1.807, 2.05) is 12.1 Å². The third-order valence-corrected chi connectivity index (χ3v) is 3.06. The lowest BCUT2D eigenvalue weighted by atomic mass is 10.1. The molecule has 1 rings (SSSR count). The highest BCUT2D eigenvalue weighted by molar-refractivity contribution is 5.28. The largest absolute Gasteiger partial charge is 0.493 e. The van der Waals surface area contributed by atoms with Crippen molar-refractivity contribution in [2.45, 2.75) is 46.1 Å². The minimum Gasteiger partial charge on any atom is -0.493 e. The molecular formula is C15H25NO. The first-order valence-corrected chi connectivity index (χ1v) is 6.65. The first-order chi connectivity index (χ1) is 8.17. The Hall–Kier alpha value is -1.02. The van der Waals surface area contributed by atoms with E-state index in [-0.39, 0.29) is 6.04 Å². The SMILES string of the molecule is CCCC(C)COc1ccc(C(N)CC)cc1. The van der Waals surface area contributed by atoms with Crippen LogP contribution in [0.25, 0.3) is 0 Å². The van der Waals surface area contributed by atoms with Gasteiger partial charge in [-0.1, -0.05) is 39.3 Å². The summed E-state index contributed by atoms with van der Waals surface area (Å²) in [4.78, 5) is 0. The first kappa shape index (κ1) is 14.0. The van der Waals surface area contributed by atoms with Crippen LogP contribution < -0.4 is 10.5 Å². The number of ether oxygens (including phenoxy) is 1. The maximum Gasteiger partial charge on any atom is 0.119 e. The van der Waals surface area contributed by atoms with Crippen LogP contribution in [0.3, 0.4) is 0 Å². The van der Waals surface area contributed by atoms with E-state index >= 15 is 0 Å². The molecule has 0 fully saturated rings. The van der Waals surface area contributed by atoms with Gasteiger partial charge in [-0.15, -0.1) is 0 Å². The van der Waals surface area contributed by atoms with Crippen molar-refractivity contribution < 1.29 is 4.74 Å². The van der Waals surface area contributed by atoms with Gasteiger partial charge in [0.15, 0.2) is 0 Å². The average molecular weight is 235 g/mol. The summed E-state index contributed by atoms with van der Waals surface area (Å²) >= 11 is 0. The van der Waals surface area contributed by atoms with Crippen LogP contribution in [-0.2, 0) is 0 Å². The topological polar surface area (TPSA) is 35.2 Å². The number of rotatable bonds is 7. The van der Waals surface area contributed by atoms with Crippen LogP contribution in [0.2, 0.25) is 0 Å². The molecule has 1 aromatic rings. The second kappa shape index (κ2) is 7.33. The smallest absolute Gasteiger partial charge is 0.119 e. The Morgan fingerprint density at radius 2 is 1.82 bits per heavy atom. The molecule has 2 N–H and O–H groups in total. The van der Waals surface area contributed by atoms with Gasteiger partial charge in [0.25, 0.3) is 0 Å². The number of hydrogen-bond donors (Lipinski definition) is 1. The number of hydrogen-bond acceptors (Lipinski definition) is 2. The van der Waals surface area contributed by atoms with Gasteiger partial charge < -0.3 is 10.5 Å². The summed E-state index contributed by atoms with van der Waals surface area (Å²) in [5, 5.41) is 0. The van der Waals surface area contributed by atoms with Gasteiger partial charge in [0.2, 0.25) is 0 Å². The monoisotopic (exact) mass is 235 g/mol. The lowest BCUT2D eigenvalue weighted by Gasteiger charge is -2.13. The molecule has 2 nitrogen and oxygen atoms in total. The predicted octanol–water partition coefficient (Wildman–Crippen LogP) is 3.91. The molecule has 0 aliphatic carbocycles. The van der Waals surface area contributed by atoms with Crippen LogP contribution in [0.4, 0.5) is 0 Å². The fraction of sp³-hybridized carbons (Fsp3) is 0.600. The van der Waals surface area contributed by atoms with Crippen molar-refractivity contribution in [3.63, 3.8) is 0 Å². The van der Waals surface area contributed by atoms with E-state index in [2.05, 4.69) is 32.9 Å². The van der Waals surface area contributed by atoms with E-state index < -0.39 is 0 Å². The van der Waals surface area contributed by atoms with Crippen molar-refractivity contribution in [1.29, 1.82) is 0 Å². The molecule has 2 heteroatoms. The molecule has 17 heavy (non-hydrogen) atoms. The maximum atomic E-state index is 5.97. The first-order valence-electron chi connectivity index (χ1n) is 6.65. The molecular weight excluding hydrogens is 210 g/mol. The molecule has 0 amide bonds. The van der Waals surface area contributed by atoms with Gasteiger partial charge >= 0.3 is 0 Å². The molecule has 1 aromatic carbocycles. The fourth-order valence-corrected chi connectivity index (χ4v) is 1.86. The zero-order valence-corrected chi connectivity index (χ0v) is 11.3. The van der Waals surface area contributed by atoms with Gasteiger partial charge in [0, 0.05) is 6.04 Å². The minimum atomic E-state index is 0.142. The highest BCUT2D eigenvalue weighted by atomic mass is 16.5. The van der Waals surface area contributed by atoms with Gasteiger partial charge in [-0.05, 0) is 36.5 Å². The van der Waals surface area contributed by atoms with Gasteiger partial charge in [0.1, 0.15) is 5.75 Å². The molecule has 0 aliphatic heterocycles. The Kier molecular flexibility index (Phi) is 6.06. The molecule has 2 unspecified atom stereocenters. The lowest BCUT2D eigenvalue weighted by Crippen LogP contribution is -2.09. The van der Waals surface area contributed by atoms with E-state index in [4.69, 9.17) is 10.5 Å². The molecule has 0 radical (unpaired) electrons. The molecule has 0 saturated carbocycles. The van der Waals surface area contributed by atoms with Crippen molar-refractivity contribution in [2.24, 2.45) is 11.7 Å². The highest BCUT2D eigenvalue weighted by Gasteiger charge is 2.04. The summed E-state index contributed by atoms with van der Waals surface area (Å²) in [5.74, 6) is 1.57. The normalized spacial score (nSPS) is 14.4. The van der Waals surface area contributed by atoms with Crippen LogP contribution in [-0.4, -0.2) is 6.61 Å². The van der Waals surface area contributed by atoms with Gasteiger partial charge in [-0.2, -0.15) is 0 Å². The quantitative estimate of drug-likeness (QED) is 0.777. The van der Waals surface area contributed by atoms with E-state index in [0.29, 0.717) is 5.92 Å². The van der Waals surface area contributed by atoms with Crippen LogP contribution in [0.15, 0.2) is 24.3 Å². The van der Waals surface area contributed by atoms with E-state index in [1.165, 1.54) is 18.4 Å². The summed E-state index contributed by atoms with van der Waals surface area (Å²) in [6.07, 6.45) is 3.40. The summed E-state index contributed by atoms with van der Waals surface area (Å²) in [6, 6.07) is 8.30. The van der Waals surface area contributed by atoms with Crippen LogP contribution in [0.5, 0.6) is 5.75 Å². The Morgan fingerprint density at radius 1 is 1.18 bits per heavy atom. The Labute approximate surface area is 105 Å². The van der Waals surface area contributed by atoms with Crippen molar-refractivity contribution in [3.05, 3.63) is 29.8 Å². The Bertz CT molecular complexity index is 307. The summed E-state index contributed by atoms with van der Waals surface area (Å²) in [7, 11) is 0. The van der Waals surface area contributed by atoms with E-state index in [0.717, 1.165) is 18.8 Å². The maximum absolute atomic E-state index is 5.97. The lowest BCUT2D eigenvalue weighted by molar-refractivity contribution is 0.251. The third kappa shape index (κ3) is 4.78. The summed E-state index contributed by atoms with van der Waals surface area (Å²) in [6.45, 7) is 7.33.